The zero-order valence-electron chi connectivity index (χ0n) is 42.8. The van der Waals surface area contributed by atoms with Gasteiger partial charge in [0.1, 0.15) is 0 Å². The Bertz CT molecular complexity index is 2840. The van der Waals surface area contributed by atoms with E-state index in [1.54, 1.807) is 0 Å². The molecule has 0 heterocycles. The van der Waals surface area contributed by atoms with Crippen molar-refractivity contribution < 1.29 is 209 Å². The monoisotopic (exact) mass is 1400 g/mol. The van der Waals surface area contributed by atoms with E-state index in [4.69, 9.17) is 123 Å². The normalized spacial score (nSPS) is 9.33. The van der Waals surface area contributed by atoms with Crippen LogP contribution in [0.15, 0.2) is 84.9 Å². The average molecular weight is 1400 g/mol. The summed E-state index contributed by atoms with van der Waals surface area (Å²) in [5.74, 6) is -24.8. The summed E-state index contributed by atoms with van der Waals surface area (Å²) < 4.78 is 0. The molecule has 0 saturated heterocycles. The molecule has 1 radical (unpaired) electrons. The quantitative estimate of drug-likeness (QED) is 0.0575. The minimum absolute atomic E-state index is 0. The molecule has 24 N–H and O–H groups in total. The van der Waals surface area contributed by atoms with Crippen molar-refractivity contribution in [2.75, 3.05) is 0 Å². The van der Waals surface area contributed by atoms with E-state index in [1.165, 1.54) is 0 Å². The van der Waals surface area contributed by atoms with Crippen LogP contribution in [0.25, 0.3) is 0 Å². The van der Waals surface area contributed by atoms with Gasteiger partial charge in [0.05, 0.1) is 40.6 Å². The van der Waals surface area contributed by atoms with E-state index in [1.807, 2.05) is 0 Å². The first kappa shape index (κ1) is 81.7. The first-order valence-electron chi connectivity index (χ1n) is 20.9. The fourth-order valence-corrected chi connectivity index (χ4v) is 5.07. The number of phenols is 21. The van der Waals surface area contributed by atoms with Gasteiger partial charge >= 0.3 is 101 Å². The Balaban J connectivity index is -0.000000941. The third-order valence-corrected chi connectivity index (χ3v) is 9.17. The van der Waals surface area contributed by atoms with Crippen molar-refractivity contribution in [1.29, 1.82) is 0 Å². The maximum absolute atomic E-state index is 10.3. The van der Waals surface area contributed by atoms with Crippen molar-refractivity contribution in [3.8, 4) is 121 Å². The minimum atomic E-state index is -1.54. The van der Waals surface area contributed by atoms with Gasteiger partial charge in [0.25, 0.3) is 0 Å². The molecule has 7 rings (SSSR count). The number of carbonyl (C=O) groups excluding carboxylic acids is 4. The van der Waals surface area contributed by atoms with Gasteiger partial charge < -0.3 is 162 Å². The van der Waals surface area contributed by atoms with Gasteiger partial charge in [0, 0.05) is 55.0 Å². The zero-order valence-corrected chi connectivity index (χ0v) is 51.3. The van der Waals surface area contributed by atoms with Crippen LogP contribution in [-0.4, -0.2) is 248 Å². The number of carboxylic acids is 7. The fraction of sp³-hybridized carbons (Fsp3) is 0. The molecule has 0 fully saturated rings. The number of benzene rings is 7. The number of rotatable bonds is 7. The number of aromatic carboxylic acids is 7. The number of carboxylic acid groups (broad SMARTS) is 7. The van der Waals surface area contributed by atoms with Gasteiger partial charge in [-0.05, 0) is 84.9 Å². The van der Waals surface area contributed by atoms with Crippen LogP contribution in [-0.2, 0) is 32.7 Å². The largest absolute Gasteiger partial charge is 2.00 e. The predicted octanol–water partition coefficient (Wildman–Crippen LogP) is -2.59. The molecule has 0 spiro atoms. The minimum Gasteiger partial charge on any atom is -0.545 e. The van der Waals surface area contributed by atoms with Gasteiger partial charge in [0.2, 0.25) is 0 Å². The number of hydrogen-bond acceptors (Lipinski definition) is 32. The maximum atomic E-state index is 10.3. The third kappa shape index (κ3) is 24.9. The van der Waals surface area contributed by atoms with Crippen LogP contribution in [0.1, 0.15) is 72.5 Å². The van der Waals surface area contributed by atoms with Crippen molar-refractivity contribution in [2.45, 2.75) is 0 Å². The fourth-order valence-electron chi connectivity index (χ4n) is 5.07. The predicted molar refractivity (Wildman–Crippen MR) is 270 cm³/mol. The summed E-state index contributed by atoms with van der Waals surface area (Å²) in [6, 6.07) is 11.3. The van der Waals surface area contributed by atoms with Crippen molar-refractivity contribution in [3.05, 3.63) is 124 Å². The second kappa shape index (κ2) is 36.3. The molecular weight excluding hydrogens is 1370 g/mol. The number of aromatic hydroxyl groups is 21. The van der Waals surface area contributed by atoms with Crippen LogP contribution in [0.4, 0.5) is 0 Å². The van der Waals surface area contributed by atoms with Gasteiger partial charge in [0.15, 0.2) is 121 Å². The molecule has 0 amide bonds. The van der Waals surface area contributed by atoms with Gasteiger partial charge in [-0.25, -0.2) is 14.4 Å². The molecule has 0 aliphatic heterocycles. The van der Waals surface area contributed by atoms with Gasteiger partial charge in [-0.2, -0.15) is 0 Å². The van der Waals surface area contributed by atoms with Crippen molar-refractivity contribution in [3.63, 3.8) is 0 Å². The number of phenolic OH excluding ortho intramolecular Hbond substituents is 21. The van der Waals surface area contributed by atoms with Crippen molar-refractivity contribution in [1.82, 2.24) is 0 Å². The van der Waals surface area contributed by atoms with Crippen LogP contribution < -0.4 is 20.4 Å². The summed E-state index contributed by atoms with van der Waals surface area (Å²) in [6.07, 6.45) is 0. The summed E-state index contributed by atoms with van der Waals surface area (Å²) in [6.45, 7) is 0. The molecule has 38 heteroatoms. The Hall–Kier alpha value is -9.53. The maximum Gasteiger partial charge on any atom is 2.00 e. The van der Waals surface area contributed by atoms with Gasteiger partial charge in [-0.3, -0.25) is 0 Å². The molecule has 0 atom stereocenters. The number of hydrogen-bond donors (Lipinski definition) is 24. The SMILES string of the molecule is O=C(O)c1cc(O)c(O)c(O)c1.O=C(O)c1cc(O)c(O)c(O)c1.O=C(O)c1cc(O)c(O)c(O)c1.O=C([O-])c1cc(O)c(O)c(O)c1.O=C([O-])c1cc(O)c(O)c(O)c1.O=C([O-])c1cc(O)c(O)c(O)c1.O=C([O-])c1cc(O)c(O)c(O)c1.[Ca+2].[Sr+2].[Y]. The molecule has 0 aromatic heterocycles. The summed E-state index contributed by atoms with van der Waals surface area (Å²) >= 11 is 0. The molecule has 451 valence electrons. The van der Waals surface area contributed by atoms with E-state index in [0.29, 0.717) is 0 Å². The molecule has 0 aliphatic carbocycles. The van der Waals surface area contributed by atoms with E-state index < -0.39 is 185 Å². The first-order chi connectivity index (χ1) is 38.6. The van der Waals surface area contributed by atoms with Crippen LogP contribution in [0.2, 0.25) is 0 Å². The standard InChI is InChI=1S/7C7H6O5.Ca.Sr.Y/c7*8-4-1-3(7(11)12)2-5(9)6(4)10;;;/h7*1-2,8-10H,(H,11,12);;;/q;;;;;;;2*+2;/p-4. The van der Waals surface area contributed by atoms with Crippen LogP contribution in [0.3, 0.4) is 0 Å². The van der Waals surface area contributed by atoms with Crippen molar-refractivity contribution >= 4 is 125 Å². The Morgan fingerprint density at radius 3 is 0.368 bits per heavy atom. The van der Waals surface area contributed by atoms with E-state index >= 15 is 0 Å². The Morgan fingerprint density at radius 1 is 0.218 bits per heavy atom. The summed E-state index contributed by atoms with van der Waals surface area (Å²) in [4.78, 5) is 71.7. The van der Waals surface area contributed by atoms with Crippen LogP contribution in [0.5, 0.6) is 121 Å². The molecular formula is C49H38CaO35SrY. The van der Waals surface area contributed by atoms with Gasteiger partial charge in [-0.15, -0.1) is 0 Å². The van der Waals surface area contributed by atoms with E-state index in [-0.39, 0.29) is 133 Å². The molecule has 0 aliphatic rings. The molecule has 0 saturated carbocycles. The summed E-state index contributed by atoms with van der Waals surface area (Å²) in [5, 5.41) is 251. The van der Waals surface area contributed by atoms with E-state index in [0.717, 1.165) is 84.9 Å². The Labute approximate surface area is 573 Å². The Morgan fingerprint density at radius 2 is 0.299 bits per heavy atom. The smallest absolute Gasteiger partial charge is 0.545 e. The molecule has 7 aromatic rings. The Kier molecular flexibility index (Phi) is 34.1. The third-order valence-electron chi connectivity index (χ3n) is 9.17. The molecule has 0 unspecified atom stereocenters. The van der Waals surface area contributed by atoms with E-state index in [9.17, 15) is 54.0 Å². The van der Waals surface area contributed by atoms with Crippen LogP contribution in [0, 0.1) is 0 Å². The summed E-state index contributed by atoms with van der Waals surface area (Å²) in [5.41, 5.74) is -2.47. The molecule has 87 heavy (non-hydrogen) atoms. The molecule has 35 nitrogen and oxygen atoms in total. The topological polar surface area (TPSA) is 697 Å². The van der Waals surface area contributed by atoms with E-state index in [2.05, 4.69) is 0 Å². The average Bonchev–Trinajstić information content (AvgIpc) is 3.40. The zero-order chi connectivity index (χ0) is 65.1. The number of carbonyl (C=O) groups is 7. The second-order valence-electron chi connectivity index (χ2n) is 15.1. The van der Waals surface area contributed by atoms with Gasteiger partial charge in [-0.1, -0.05) is 0 Å². The second-order valence-corrected chi connectivity index (χ2v) is 15.1. The summed E-state index contributed by atoms with van der Waals surface area (Å²) in [7, 11) is 0. The van der Waals surface area contributed by atoms with Crippen molar-refractivity contribution in [2.24, 2.45) is 0 Å². The van der Waals surface area contributed by atoms with Crippen LogP contribution >= 0.6 is 0 Å². The molecule has 7 aromatic carbocycles. The molecule has 0 bridgehead atoms. The first-order valence-corrected chi connectivity index (χ1v) is 20.9.